The Morgan fingerprint density at radius 1 is 1.32 bits per heavy atom. The average Bonchev–Trinajstić information content (AvgIpc) is 2.87. The first-order chi connectivity index (χ1) is 11.6. The predicted molar refractivity (Wildman–Crippen MR) is 89.7 cm³/mol. The Labute approximate surface area is 148 Å². The van der Waals surface area contributed by atoms with Crippen LogP contribution < -0.4 is 0 Å². The molecule has 1 aliphatic heterocycles. The highest BCUT2D eigenvalue weighted by molar-refractivity contribution is 7.89. The fourth-order valence-electron chi connectivity index (χ4n) is 2.51. The van der Waals surface area contributed by atoms with E-state index in [0.717, 1.165) is 6.26 Å². The average molecular weight is 396 g/mol. The second-order valence-corrected chi connectivity index (χ2v) is 10.6. The molecule has 1 aliphatic rings. The molecule has 0 N–H and O–H groups in total. The van der Waals surface area contributed by atoms with Gasteiger partial charge in [0.05, 0.1) is 17.5 Å². The summed E-state index contributed by atoms with van der Waals surface area (Å²) in [5, 5.41) is 3.25. The summed E-state index contributed by atoms with van der Waals surface area (Å²) in [5.41, 5.74) is 0. The van der Waals surface area contributed by atoms with Gasteiger partial charge in [-0.1, -0.05) is 5.16 Å². The van der Waals surface area contributed by atoms with Crippen LogP contribution in [0.15, 0.2) is 4.52 Å². The van der Waals surface area contributed by atoms with E-state index in [-0.39, 0.29) is 38.7 Å². The van der Waals surface area contributed by atoms with Gasteiger partial charge in [-0.2, -0.15) is 13.6 Å². The molecule has 25 heavy (non-hydrogen) atoms. The molecule has 1 aromatic rings. The lowest BCUT2D eigenvalue weighted by Gasteiger charge is -2.43. The van der Waals surface area contributed by atoms with Crippen LogP contribution in [-0.2, 0) is 37.8 Å². The molecule has 1 aromatic heterocycles. The summed E-state index contributed by atoms with van der Waals surface area (Å²) < 4.78 is 60.8. The Bertz CT molecular complexity index is 783. The number of nitrogens with zero attached hydrogens (tertiary/aromatic N) is 4. The molecule has 10 nitrogen and oxygen atoms in total. The molecule has 2 heterocycles. The summed E-state index contributed by atoms with van der Waals surface area (Å²) in [7, 11) is -5.35. The van der Waals surface area contributed by atoms with Crippen molar-refractivity contribution in [1.82, 2.24) is 18.8 Å². The van der Waals surface area contributed by atoms with Crippen molar-refractivity contribution in [3.05, 3.63) is 11.7 Å². The Balaban J connectivity index is 1.99. The van der Waals surface area contributed by atoms with E-state index < -0.39 is 25.3 Å². The number of sulfonamides is 2. The fraction of sp³-hybridized carbons (Fsp3) is 0.846. The summed E-state index contributed by atoms with van der Waals surface area (Å²) in [6, 6.07) is -0.381. The van der Waals surface area contributed by atoms with Gasteiger partial charge in [-0.25, -0.2) is 16.8 Å². The van der Waals surface area contributed by atoms with Crippen LogP contribution in [0.1, 0.15) is 25.6 Å². The van der Waals surface area contributed by atoms with E-state index in [0.29, 0.717) is 11.7 Å². The van der Waals surface area contributed by atoms with E-state index in [2.05, 4.69) is 10.1 Å². The van der Waals surface area contributed by atoms with E-state index in [1.54, 1.807) is 13.8 Å². The van der Waals surface area contributed by atoms with Gasteiger partial charge < -0.3 is 9.26 Å². The van der Waals surface area contributed by atoms with Gasteiger partial charge in [0.2, 0.25) is 20.0 Å². The third-order valence-electron chi connectivity index (χ3n) is 3.95. The molecule has 2 rings (SSSR count). The lowest BCUT2D eigenvalue weighted by atomic mass is 10.2. The highest BCUT2D eigenvalue weighted by Crippen LogP contribution is 2.23. The van der Waals surface area contributed by atoms with Crippen molar-refractivity contribution in [2.24, 2.45) is 0 Å². The molecule has 0 aromatic carbocycles. The molecule has 0 atom stereocenters. The zero-order valence-electron chi connectivity index (χ0n) is 14.7. The minimum absolute atomic E-state index is 0.158. The Kier molecular flexibility index (Phi) is 6.20. The van der Waals surface area contributed by atoms with Gasteiger partial charge in [0, 0.05) is 33.2 Å². The van der Waals surface area contributed by atoms with Gasteiger partial charge in [0.15, 0.2) is 5.82 Å². The maximum Gasteiger partial charge on any atom is 0.252 e. The van der Waals surface area contributed by atoms with E-state index in [1.165, 1.54) is 15.7 Å². The number of hydrogen-bond donors (Lipinski definition) is 0. The zero-order chi connectivity index (χ0) is 18.8. The molecule has 0 aliphatic carbocycles. The van der Waals surface area contributed by atoms with Crippen LogP contribution in [-0.4, -0.2) is 79.9 Å². The Morgan fingerprint density at radius 2 is 1.96 bits per heavy atom. The number of hydrogen-bond acceptors (Lipinski definition) is 8. The van der Waals surface area contributed by atoms with E-state index in [9.17, 15) is 16.8 Å². The van der Waals surface area contributed by atoms with Crippen LogP contribution in [0.25, 0.3) is 0 Å². The van der Waals surface area contributed by atoms with E-state index in [4.69, 9.17) is 9.26 Å². The highest BCUT2D eigenvalue weighted by atomic mass is 32.2. The Hall–Kier alpha value is -1.08. The van der Waals surface area contributed by atoms with Crippen LogP contribution in [0.5, 0.6) is 0 Å². The zero-order valence-corrected chi connectivity index (χ0v) is 16.4. The molecular weight excluding hydrogens is 372 g/mol. The third kappa shape index (κ3) is 4.76. The molecule has 0 saturated carbocycles. The monoisotopic (exact) mass is 396 g/mol. The maximum atomic E-state index is 12.1. The fourth-order valence-corrected chi connectivity index (χ4v) is 4.96. The summed E-state index contributed by atoms with van der Waals surface area (Å²) in [5.74, 6) is 0.702. The van der Waals surface area contributed by atoms with Crippen LogP contribution in [0.3, 0.4) is 0 Å². The number of rotatable bonds is 9. The summed E-state index contributed by atoms with van der Waals surface area (Å²) in [6.07, 6.45) is 1.38. The lowest BCUT2D eigenvalue weighted by Crippen LogP contribution is -2.63. The second kappa shape index (κ2) is 7.66. The molecule has 0 radical (unpaired) electrons. The van der Waals surface area contributed by atoms with Gasteiger partial charge in [-0.05, 0) is 13.8 Å². The van der Waals surface area contributed by atoms with Crippen molar-refractivity contribution in [2.45, 2.75) is 38.2 Å². The van der Waals surface area contributed by atoms with E-state index >= 15 is 0 Å². The molecule has 1 fully saturated rings. The molecule has 0 amide bonds. The van der Waals surface area contributed by atoms with Gasteiger partial charge in [-0.3, -0.25) is 0 Å². The first-order valence-corrected chi connectivity index (χ1v) is 11.2. The van der Waals surface area contributed by atoms with Gasteiger partial charge in [0.1, 0.15) is 6.61 Å². The maximum absolute atomic E-state index is 12.1. The summed E-state index contributed by atoms with van der Waals surface area (Å²) in [6.45, 7) is 3.87. The quantitative estimate of drug-likeness (QED) is 0.544. The van der Waals surface area contributed by atoms with Crippen molar-refractivity contribution >= 4 is 20.0 Å². The van der Waals surface area contributed by atoms with Crippen molar-refractivity contribution in [3.63, 3.8) is 0 Å². The van der Waals surface area contributed by atoms with Crippen LogP contribution >= 0.6 is 0 Å². The van der Waals surface area contributed by atoms with Crippen LogP contribution in [0.2, 0.25) is 0 Å². The second-order valence-electron chi connectivity index (χ2n) is 6.23. The first-order valence-electron chi connectivity index (χ1n) is 7.82. The minimum atomic E-state index is -3.49. The molecular formula is C13H24N4O6S2. The third-order valence-corrected chi connectivity index (χ3v) is 7.49. The molecule has 144 valence electrons. The molecule has 12 heteroatoms. The van der Waals surface area contributed by atoms with Crippen LogP contribution in [0, 0.1) is 0 Å². The minimum Gasteiger partial charge on any atom is -0.375 e. The predicted octanol–water partition coefficient (Wildman–Crippen LogP) is -0.557. The largest absolute Gasteiger partial charge is 0.375 e. The van der Waals surface area contributed by atoms with Crippen molar-refractivity contribution in [3.8, 4) is 0 Å². The number of aromatic nitrogens is 2. The molecule has 1 saturated heterocycles. The highest BCUT2D eigenvalue weighted by Gasteiger charge is 2.42. The topological polar surface area (TPSA) is 123 Å². The molecule has 0 spiro atoms. The normalized spacial score (nSPS) is 17.4. The van der Waals surface area contributed by atoms with Gasteiger partial charge >= 0.3 is 0 Å². The summed E-state index contributed by atoms with van der Waals surface area (Å²) >= 11 is 0. The van der Waals surface area contributed by atoms with Crippen LogP contribution in [0.4, 0.5) is 0 Å². The standard InChI is InChI=1S/C13H24N4O6S2/c1-10(2)25(20,21)16-7-11(8-16)17(24(4,18)19)6-5-12-14-13(9-22-3)23-15-12/h10-11H,5-9H2,1-4H3. The smallest absolute Gasteiger partial charge is 0.252 e. The van der Waals surface area contributed by atoms with Gasteiger partial charge in [-0.15, -0.1) is 0 Å². The van der Waals surface area contributed by atoms with Crippen molar-refractivity contribution in [1.29, 1.82) is 0 Å². The molecule has 0 bridgehead atoms. The lowest BCUT2D eigenvalue weighted by molar-refractivity contribution is 0.151. The SMILES string of the molecule is COCc1nc(CCN(C2CN(S(=O)(=O)C(C)C)C2)S(C)(=O)=O)no1. The Morgan fingerprint density at radius 3 is 2.48 bits per heavy atom. The van der Waals surface area contributed by atoms with Gasteiger partial charge in [0.25, 0.3) is 5.89 Å². The number of ether oxygens (including phenoxy) is 1. The van der Waals surface area contributed by atoms with E-state index in [1.807, 2.05) is 0 Å². The molecule has 0 unspecified atom stereocenters. The first kappa shape index (κ1) is 20.2. The van der Waals surface area contributed by atoms with Crippen molar-refractivity contribution in [2.75, 3.05) is 33.0 Å². The number of methoxy groups -OCH3 is 1. The summed E-state index contributed by atoms with van der Waals surface area (Å²) in [4.78, 5) is 4.10. The van der Waals surface area contributed by atoms with Crippen molar-refractivity contribution < 1.29 is 26.1 Å².